The van der Waals surface area contributed by atoms with Gasteiger partial charge in [0.2, 0.25) is 0 Å². The Morgan fingerprint density at radius 1 is 1.40 bits per heavy atom. The number of fused-ring (bicyclic) bond motifs is 2. The lowest BCUT2D eigenvalue weighted by Crippen LogP contribution is -2.55. The summed E-state index contributed by atoms with van der Waals surface area (Å²) in [7, 11) is -1.24. The second-order valence-electron chi connectivity index (χ2n) is 3.42. The third-order valence-corrected chi connectivity index (χ3v) is 3.51. The van der Waals surface area contributed by atoms with Gasteiger partial charge in [-0.1, -0.05) is 12.1 Å². The van der Waals surface area contributed by atoms with Crippen molar-refractivity contribution < 1.29 is 4.21 Å². The summed E-state index contributed by atoms with van der Waals surface area (Å²) < 4.78 is 11.6. The molecule has 2 aliphatic rings. The molecule has 2 heterocycles. The van der Waals surface area contributed by atoms with Crippen LogP contribution in [-0.2, 0) is 11.0 Å². The van der Waals surface area contributed by atoms with Gasteiger partial charge in [0, 0.05) is 6.54 Å². The minimum absolute atomic E-state index is 0.0157. The standard InChI is InChI=1S/C9H10N4OS/c14-15-9-8(5-10-13-15)11-6-3-1-2-4-7(6)12-9/h1-4,8,10-11,13H,5H2. The van der Waals surface area contributed by atoms with Crippen molar-refractivity contribution in [1.82, 2.24) is 10.3 Å². The van der Waals surface area contributed by atoms with E-state index in [9.17, 15) is 4.21 Å². The molecule has 1 fully saturated rings. The Morgan fingerprint density at radius 3 is 3.20 bits per heavy atom. The topological polar surface area (TPSA) is 65.5 Å². The molecule has 2 unspecified atom stereocenters. The molecule has 15 heavy (non-hydrogen) atoms. The van der Waals surface area contributed by atoms with E-state index in [0.29, 0.717) is 11.6 Å². The summed E-state index contributed by atoms with van der Waals surface area (Å²) >= 11 is 0. The minimum atomic E-state index is -1.24. The van der Waals surface area contributed by atoms with Crippen molar-refractivity contribution >= 4 is 27.4 Å². The molecule has 6 heteroatoms. The van der Waals surface area contributed by atoms with Crippen LogP contribution < -0.4 is 15.6 Å². The molecule has 0 aromatic heterocycles. The number of nitrogens with zero attached hydrogens (tertiary/aromatic N) is 1. The molecule has 0 bridgehead atoms. The third kappa shape index (κ3) is 1.46. The lowest BCUT2D eigenvalue weighted by Gasteiger charge is -2.30. The number of anilines is 1. The molecule has 1 aromatic carbocycles. The first-order valence-electron chi connectivity index (χ1n) is 4.69. The summed E-state index contributed by atoms with van der Waals surface area (Å²) in [5.74, 6) is 0. The van der Waals surface area contributed by atoms with Crippen LogP contribution in [0.4, 0.5) is 11.4 Å². The fourth-order valence-corrected chi connectivity index (χ4v) is 2.61. The number of benzene rings is 1. The number of hydrogen-bond acceptors (Lipinski definition) is 4. The minimum Gasteiger partial charge on any atom is -0.373 e. The van der Waals surface area contributed by atoms with Gasteiger partial charge in [-0.2, -0.15) is 4.83 Å². The molecule has 0 spiro atoms. The average Bonchev–Trinajstić information content (AvgIpc) is 2.27. The van der Waals surface area contributed by atoms with Gasteiger partial charge >= 0.3 is 0 Å². The maximum absolute atomic E-state index is 11.6. The molecule has 3 N–H and O–H groups in total. The lowest BCUT2D eigenvalue weighted by molar-refractivity contribution is 0.612. The summed E-state index contributed by atoms with van der Waals surface area (Å²) in [5, 5.41) is 3.96. The number of hydrazine groups is 1. The molecular formula is C9H10N4OS. The second-order valence-corrected chi connectivity index (χ2v) is 4.58. The molecule has 0 saturated carbocycles. The fraction of sp³-hybridized carbons (Fsp3) is 0.222. The Morgan fingerprint density at radius 2 is 2.27 bits per heavy atom. The average molecular weight is 222 g/mol. The van der Waals surface area contributed by atoms with Gasteiger partial charge in [0.1, 0.15) is 5.04 Å². The van der Waals surface area contributed by atoms with E-state index in [2.05, 4.69) is 20.6 Å². The maximum Gasteiger partial charge on any atom is 0.155 e. The molecule has 2 atom stereocenters. The highest BCUT2D eigenvalue weighted by Crippen LogP contribution is 2.29. The number of nitrogens with one attached hydrogen (secondary N) is 3. The van der Waals surface area contributed by atoms with Gasteiger partial charge in [-0.05, 0) is 12.1 Å². The second kappa shape index (κ2) is 3.41. The van der Waals surface area contributed by atoms with Crippen molar-refractivity contribution in [1.29, 1.82) is 0 Å². The molecule has 1 aromatic rings. The molecule has 0 aliphatic carbocycles. The van der Waals surface area contributed by atoms with Gasteiger partial charge < -0.3 is 5.32 Å². The van der Waals surface area contributed by atoms with Crippen LogP contribution in [-0.4, -0.2) is 21.8 Å². The predicted molar refractivity (Wildman–Crippen MR) is 60.2 cm³/mol. The zero-order chi connectivity index (χ0) is 10.3. The van der Waals surface area contributed by atoms with Crippen LogP contribution in [0.15, 0.2) is 29.3 Å². The van der Waals surface area contributed by atoms with Gasteiger partial charge in [0.25, 0.3) is 0 Å². The zero-order valence-electron chi connectivity index (χ0n) is 7.86. The zero-order valence-corrected chi connectivity index (χ0v) is 8.67. The van der Waals surface area contributed by atoms with Gasteiger partial charge in [0.05, 0.1) is 17.4 Å². The van der Waals surface area contributed by atoms with Gasteiger partial charge in [-0.25, -0.2) is 14.6 Å². The first kappa shape index (κ1) is 9.02. The highest BCUT2D eigenvalue weighted by atomic mass is 32.2. The molecule has 5 nitrogen and oxygen atoms in total. The first-order chi connectivity index (χ1) is 7.34. The van der Waals surface area contributed by atoms with Gasteiger partial charge in [-0.3, -0.25) is 0 Å². The van der Waals surface area contributed by atoms with Crippen LogP contribution in [0.5, 0.6) is 0 Å². The lowest BCUT2D eigenvalue weighted by atomic mass is 10.2. The van der Waals surface area contributed by atoms with E-state index in [4.69, 9.17) is 0 Å². The van der Waals surface area contributed by atoms with Crippen molar-refractivity contribution in [3.8, 4) is 0 Å². The monoisotopic (exact) mass is 222 g/mol. The molecule has 0 radical (unpaired) electrons. The van der Waals surface area contributed by atoms with Crippen LogP contribution in [0, 0.1) is 0 Å². The molecule has 78 valence electrons. The van der Waals surface area contributed by atoms with E-state index in [1.165, 1.54) is 0 Å². The van der Waals surface area contributed by atoms with Gasteiger partial charge in [-0.15, -0.1) is 0 Å². The van der Waals surface area contributed by atoms with Crippen LogP contribution >= 0.6 is 0 Å². The van der Waals surface area contributed by atoms with E-state index in [1.54, 1.807) is 0 Å². The van der Waals surface area contributed by atoms with Crippen molar-refractivity contribution in [2.45, 2.75) is 6.04 Å². The Labute approximate surface area is 89.5 Å². The van der Waals surface area contributed by atoms with E-state index in [1.807, 2.05) is 24.3 Å². The maximum atomic E-state index is 11.6. The predicted octanol–water partition coefficient (Wildman–Crippen LogP) is 0.282. The first-order valence-corrected chi connectivity index (χ1v) is 5.84. The van der Waals surface area contributed by atoms with Crippen LogP contribution in [0.1, 0.15) is 0 Å². The molecule has 3 rings (SSSR count). The van der Waals surface area contributed by atoms with Crippen LogP contribution in [0.3, 0.4) is 0 Å². The Hall–Kier alpha value is -1.24. The van der Waals surface area contributed by atoms with Crippen molar-refractivity contribution in [3.05, 3.63) is 24.3 Å². The van der Waals surface area contributed by atoms with E-state index in [0.717, 1.165) is 11.4 Å². The molecule has 2 aliphatic heterocycles. The van der Waals surface area contributed by atoms with E-state index < -0.39 is 11.0 Å². The smallest absolute Gasteiger partial charge is 0.155 e. The highest BCUT2D eigenvalue weighted by molar-refractivity contribution is 7.99. The summed E-state index contributed by atoms with van der Waals surface area (Å²) in [5.41, 5.74) is 4.71. The SMILES string of the molecule is O=S1NNCC2Nc3ccccc3N=C21. The Bertz CT molecular complexity index is 459. The number of rotatable bonds is 0. The highest BCUT2D eigenvalue weighted by Gasteiger charge is 2.29. The summed E-state index contributed by atoms with van der Waals surface area (Å²) in [6.07, 6.45) is 0. The van der Waals surface area contributed by atoms with Crippen molar-refractivity contribution in [2.24, 2.45) is 4.99 Å². The van der Waals surface area contributed by atoms with Gasteiger partial charge in [0.15, 0.2) is 11.0 Å². The quantitative estimate of drug-likeness (QED) is 0.591. The van der Waals surface area contributed by atoms with E-state index in [-0.39, 0.29) is 6.04 Å². The van der Waals surface area contributed by atoms with E-state index >= 15 is 0 Å². The molecule has 0 amide bonds. The number of para-hydroxylation sites is 2. The van der Waals surface area contributed by atoms with Crippen molar-refractivity contribution in [3.63, 3.8) is 0 Å². The molecular weight excluding hydrogens is 212 g/mol. The number of hydrogen-bond donors (Lipinski definition) is 3. The molecule has 1 saturated heterocycles. The number of aliphatic imine (C=N–C) groups is 1. The summed E-state index contributed by atoms with van der Waals surface area (Å²) in [6.45, 7) is 0.679. The largest absolute Gasteiger partial charge is 0.373 e. The van der Waals surface area contributed by atoms with Crippen LogP contribution in [0.25, 0.3) is 0 Å². The third-order valence-electron chi connectivity index (χ3n) is 2.42. The fourth-order valence-electron chi connectivity index (χ4n) is 1.71. The Balaban J connectivity index is 2.08. The Kier molecular flexibility index (Phi) is 2.05. The summed E-state index contributed by atoms with van der Waals surface area (Å²) in [6, 6.07) is 7.77. The summed E-state index contributed by atoms with van der Waals surface area (Å²) in [4.78, 5) is 7.06. The van der Waals surface area contributed by atoms with Crippen LogP contribution in [0.2, 0.25) is 0 Å². The van der Waals surface area contributed by atoms with Crippen molar-refractivity contribution in [2.75, 3.05) is 11.9 Å². The normalized spacial score (nSPS) is 28.4.